The normalized spacial score (nSPS) is 9.73. The number of benzene rings is 1. The first kappa shape index (κ1) is 9.28. The van der Waals surface area contributed by atoms with Gasteiger partial charge in [0.15, 0.2) is 0 Å². The third kappa shape index (κ3) is 2.61. The number of rotatable bonds is 2. The Morgan fingerprint density at radius 2 is 2.18 bits per heavy atom. The Hall–Kier alpha value is 0.190. The highest BCUT2D eigenvalue weighted by atomic mass is 127. The molecule has 0 aliphatic carbocycles. The van der Waals surface area contributed by atoms with Crippen LogP contribution in [0.1, 0.15) is 5.56 Å². The number of hydrogen-bond acceptors (Lipinski definition) is 2. The van der Waals surface area contributed by atoms with Crippen molar-refractivity contribution in [3.05, 3.63) is 27.3 Å². The molecule has 0 fully saturated rings. The highest BCUT2D eigenvalue weighted by molar-refractivity contribution is 14.1. The predicted octanol–water partition coefficient (Wildman–Crippen LogP) is 2.47. The highest BCUT2D eigenvalue weighted by Crippen LogP contribution is 2.17. The molecule has 3 N–H and O–H groups in total. The molecule has 0 aromatic heterocycles. The van der Waals surface area contributed by atoms with Gasteiger partial charge in [-0.15, -0.1) is 0 Å². The number of hydrogen-bond donors (Lipinski definition) is 2. The second kappa shape index (κ2) is 4.27. The van der Waals surface area contributed by atoms with Gasteiger partial charge in [0, 0.05) is 14.6 Å². The molecule has 0 heterocycles. The molecule has 0 aliphatic heterocycles. The fraction of sp³-hybridized carbons (Fsp3) is 0.143. The van der Waals surface area contributed by atoms with Crippen LogP contribution in [0.5, 0.6) is 0 Å². The van der Waals surface area contributed by atoms with E-state index in [-0.39, 0.29) is 0 Å². The molecule has 1 aromatic carbocycles. The van der Waals surface area contributed by atoms with Crippen LogP contribution in [0.3, 0.4) is 0 Å². The highest BCUT2D eigenvalue weighted by Gasteiger charge is 1.95. The Balaban J connectivity index is 3.02. The van der Waals surface area contributed by atoms with Gasteiger partial charge in [-0.3, -0.25) is 5.84 Å². The molecule has 4 heteroatoms. The Bertz CT molecular complexity index is 230. The van der Waals surface area contributed by atoms with Crippen LogP contribution in [0.2, 0.25) is 0 Å². The van der Waals surface area contributed by atoms with Crippen molar-refractivity contribution in [1.29, 1.82) is 0 Å². The van der Waals surface area contributed by atoms with Crippen LogP contribution < -0.4 is 11.3 Å². The molecule has 0 spiro atoms. The summed E-state index contributed by atoms with van der Waals surface area (Å²) in [4.78, 5) is 0. The Labute approximate surface area is 87.8 Å². The molecule has 0 amide bonds. The van der Waals surface area contributed by atoms with E-state index in [0.29, 0.717) is 0 Å². The van der Waals surface area contributed by atoms with Crippen LogP contribution in [-0.2, 0) is 5.33 Å². The molecule has 11 heavy (non-hydrogen) atoms. The summed E-state index contributed by atoms with van der Waals surface area (Å²) in [6, 6.07) is 6.11. The first-order valence-corrected chi connectivity index (χ1v) is 5.28. The van der Waals surface area contributed by atoms with Crippen molar-refractivity contribution in [1.82, 2.24) is 0 Å². The van der Waals surface area contributed by atoms with Crippen LogP contribution in [0.4, 0.5) is 5.69 Å². The third-order valence-electron chi connectivity index (χ3n) is 1.28. The Kier molecular flexibility index (Phi) is 3.61. The summed E-state index contributed by atoms with van der Waals surface area (Å²) >= 11 is 5.64. The first-order chi connectivity index (χ1) is 5.26. The van der Waals surface area contributed by atoms with E-state index in [1.54, 1.807) is 0 Å². The van der Waals surface area contributed by atoms with Gasteiger partial charge in [-0.05, 0) is 46.4 Å². The summed E-state index contributed by atoms with van der Waals surface area (Å²) in [6.45, 7) is 0. The number of nitrogens with one attached hydrogen (secondary N) is 1. The lowest BCUT2D eigenvalue weighted by atomic mass is 10.2. The molecule has 0 radical (unpaired) electrons. The topological polar surface area (TPSA) is 38.0 Å². The Morgan fingerprint density at radius 1 is 1.45 bits per heavy atom. The molecule has 0 bridgehead atoms. The lowest BCUT2D eigenvalue weighted by molar-refractivity contribution is 1.32. The molecule has 0 saturated heterocycles. The number of hydrazine groups is 1. The van der Waals surface area contributed by atoms with Gasteiger partial charge in [0.05, 0.1) is 0 Å². The van der Waals surface area contributed by atoms with Crippen molar-refractivity contribution in [3.8, 4) is 0 Å². The predicted molar refractivity (Wildman–Crippen MR) is 59.6 cm³/mol. The van der Waals surface area contributed by atoms with E-state index in [2.05, 4.69) is 50.0 Å². The van der Waals surface area contributed by atoms with Crippen LogP contribution in [0.15, 0.2) is 18.2 Å². The molecular weight excluding hydrogens is 319 g/mol. The van der Waals surface area contributed by atoms with E-state index in [1.165, 1.54) is 9.13 Å². The second-order valence-electron chi connectivity index (χ2n) is 2.13. The van der Waals surface area contributed by atoms with Gasteiger partial charge in [0.2, 0.25) is 0 Å². The summed E-state index contributed by atoms with van der Waals surface area (Å²) in [6.07, 6.45) is 0. The lowest BCUT2D eigenvalue weighted by Gasteiger charge is -2.02. The van der Waals surface area contributed by atoms with Gasteiger partial charge < -0.3 is 5.43 Å². The van der Waals surface area contributed by atoms with E-state index in [9.17, 15) is 0 Å². The van der Waals surface area contributed by atoms with Gasteiger partial charge in [-0.2, -0.15) is 0 Å². The van der Waals surface area contributed by atoms with Crippen molar-refractivity contribution in [2.45, 2.75) is 5.33 Å². The second-order valence-corrected chi connectivity index (χ2v) is 3.93. The van der Waals surface area contributed by atoms with E-state index >= 15 is 0 Å². The molecule has 60 valence electrons. The minimum atomic E-state index is 0.860. The smallest absolute Gasteiger partial charge is 0.0498 e. The maximum Gasteiger partial charge on any atom is 0.0498 e. The number of anilines is 1. The van der Waals surface area contributed by atoms with Crippen molar-refractivity contribution in [2.24, 2.45) is 5.84 Å². The zero-order valence-electron chi connectivity index (χ0n) is 5.77. The lowest BCUT2D eigenvalue weighted by Crippen LogP contribution is -2.06. The fourth-order valence-corrected chi connectivity index (χ4v) is 1.87. The molecule has 0 saturated carbocycles. The van der Waals surface area contributed by atoms with Crippen molar-refractivity contribution >= 4 is 44.2 Å². The van der Waals surface area contributed by atoms with Crippen LogP contribution in [0, 0.1) is 3.57 Å². The van der Waals surface area contributed by atoms with Crippen LogP contribution >= 0.6 is 38.5 Å². The average molecular weight is 327 g/mol. The van der Waals surface area contributed by atoms with Gasteiger partial charge in [0.1, 0.15) is 0 Å². The molecule has 2 nitrogen and oxygen atoms in total. The molecule has 0 atom stereocenters. The molecule has 0 unspecified atom stereocenters. The summed E-state index contributed by atoms with van der Waals surface area (Å²) in [5.41, 5.74) is 4.79. The summed E-state index contributed by atoms with van der Waals surface area (Å²) < 4.78 is 1.19. The van der Waals surface area contributed by atoms with Crippen LogP contribution in [0.25, 0.3) is 0 Å². The van der Waals surface area contributed by atoms with E-state index in [0.717, 1.165) is 11.0 Å². The maximum absolute atomic E-state index is 5.27. The van der Waals surface area contributed by atoms with E-state index in [1.807, 2.05) is 12.1 Å². The molecule has 1 aromatic rings. The standard InChI is InChI=1S/C7H8BrIN2/c8-4-5-1-6(9)3-7(2-5)11-10/h1-3,11H,4,10H2. The number of nitrogens with two attached hydrogens (primary N) is 1. The largest absolute Gasteiger partial charge is 0.324 e. The minimum absolute atomic E-state index is 0.860. The van der Waals surface area contributed by atoms with Crippen molar-refractivity contribution in [3.63, 3.8) is 0 Å². The number of alkyl halides is 1. The zero-order valence-corrected chi connectivity index (χ0v) is 9.52. The summed E-state index contributed by atoms with van der Waals surface area (Å²) in [7, 11) is 0. The monoisotopic (exact) mass is 326 g/mol. The Morgan fingerprint density at radius 3 is 2.73 bits per heavy atom. The van der Waals surface area contributed by atoms with Gasteiger partial charge in [-0.1, -0.05) is 15.9 Å². The third-order valence-corrected chi connectivity index (χ3v) is 2.55. The van der Waals surface area contributed by atoms with Gasteiger partial charge in [-0.25, -0.2) is 0 Å². The average Bonchev–Trinajstić information content (AvgIpc) is 2.03. The molecule has 0 aliphatic rings. The minimum Gasteiger partial charge on any atom is -0.324 e. The maximum atomic E-state index is 5.27. The van der Waals surface area contributed by atoms with Gasteiger partial charge >= 0.3 is 0 Å². The zero-order chi connectivity index (χ0) is 8.27. The summed E-state index contributed by atoms with van der Waals surface area (Å²) in [5, 5.41) is 0.860. The molecule has 1 rings (SSSR count). The SMILES string of the molecule is NNc1cc(I)cc(CBr)c1. The summed E-state index contributed by atoms with van der Waals surface area (Å²) in [5.74, 6) is 5.27. The molecular formula is C7H8BrIN2. The fourth-order valence-electron chi connectivity index (χ4n) is 0.811. The van der Waals surface area contributed by atoms with Crippen molar-refractivity contribution < 1.29 is 0 Å². The van der Waals surface area contributed by atoms with Crippen molar-refractivity contribution in [2.75, 3.05) is 5.43 Å². The van der Waals surface area contributed by atoms with E-state index < -0.39 is 0 Å². The quantitative estimate of drug-likeness (QED) is 0.379. The van der Waals surface area contributed by atoms with E-state index in [4.69, 9.17) is 5.84 Å². The first-order valence-electron chi connectivity index (χ1n) is 3.08. The number of nitrogen functional groups attached to an aromatic ring is 1. The number of halogens is 2. The van der Waals surface area contributed by atoms with Crippen LogP contribution in [-0.4, -0.2) is 0 Å². The van der Waals surface area contributed by atoms with Gasteiger partial charge in [0.25, 0.3) is 0 Å².